The maximum absolute atomic E-state index is 12.4. The number of aliphatic hydroxyl groups is 1. The molecule has 162 valence electrons. The van der Waals surface area contributed by atoms with Crippen molar-refractivity contribution in [1.82, 2.24) is 0 Å². The summed E-state index contributed by atoms with van der Waals surface area (Å²) >= 11 is 0. The Morgan fingerprint density at radius 2 is 2.03 bits per heavy atom. The lowest BCUT2D eigenvalue weighted by Crippen LogP contribution is -2.34. The highest BCUT2D eigenvalue weighted by Gasteiger charge is 2.45. The number of aliphatic hydroxyl groups excluding tert-OH is 1. The molecule has 2 unspecified atom stereocenters. The summed E-state index contributed by atoms with van der Waals surface area (Å²) in [4.78, 5) is 47.7. The fourth-order valence-electron chi connectivity index (χ4n) is 3.44. The number of hydrogen-bond acceptors (Lipinski definition) is 8. The van der Waals surface area contributed by atoms with E-state index in [1.807, 2.05) is 0 Å². The highest BCUT2D eigenvalue weighted by Crippen LogP contribution is 2.36. The number of ether oxygens (including phenoxy) is 3. The molecule has 0 aromatic rings. The van der Waals surface area contributed by atoms with Crippen LogP contribution in [0.3, 0.4) is 0 Å². The van der Waals surface area contributed by atoms with Gasteiger partial charge in [0.2, 0.25) is 0 Å². The molecule has 30 heavy (non-hydrogen) atoms. The van der Waals surface area contributed by atoms with E-state index in [0.717, 1.165) is 0 Å². The van der Waals surface area contributed by atoms with Gasteiger partial charge in [-0.1, -0.05) is 12.7 Å². The Kier molecular flexibility index (Phi) is 7.88. The van der Waals surface area contributed by atoms with Crippen molar-refractivity contribution in [3.63, 3.8) is 0 Å². The molecule has 1 heterocycles. The standard InChI is InChI=1S/C22H26O8/c1-12(7-8-23)21(26)29-19-10-16(11-24)5-6-17(28-15(4)25)13(2)9-18-20(19)14(3)22(27)30-18/h5,7,9,11,17-20,23H,3,6,8,10H2,1-2,4H3/t17?,18-,19?,20+/m1/s1. The van der Waals surface area contributed by atoms with E-state index in [2.05, 4.69) is 6.58 Å². The largest absolute Gasteiger partial charge is 0.458 e. The highest BCUT2D eigenvalue weighted by atomic mass is 16.6. The van der Waals surface area contributed by atoms with Crippen LogP contribution in [0.5, 0.6) is 0 Å². The lowest BCUT2D eigenvalue weighted by Gasteiger charge is -2.28. The van der Waals surface area contributed by atoms with Crippen molar-refractivity contribution in [2.24, 2.45) is 5.92 Å². The molecule has 1 aliphatic heterocycles. The quantitative estimate of drug-likeness (QED) is 0.236. The normalized spacial score (nSPS) is 27.3. The predicted octanol–water partition coefficient (Wildman–Crippen LogP) is 1.73. The van der Waals surface area contributed by atoms with E-state index < -0.39 is 42.1 Å². The number of rotatable bonds is 5. The van der Waals surface area contributed by atoms with Gasteiger partial charge >= 0.3 is 17.9 Å². The highest BCUT2D eigenvalue weighted by molar-refractivity contribution is 5.92. The molecule has 0 amide bonds. The van der Waals surface area contributed by atoms with E-state index in [1.54, 1.807) is 19.1 Å². The zero-order chi connectivity index (χ0) is 22.4. The molecule has 0 aromatic carbocycles. The summed E-state index contributed by atoms with van der Waals surface area (Å²) in [6.07, 6.45) is 3.17. The van der Waals surface area contributed by atoms with Crippen LogP contribution in [-0.4, -0.2) is 54.2 Å². The van der Waals surface area contributed by atoms with Crippen molar-refractivity contribution < 1.29 is 38.5 Å². The van der Waals surface area contributed by atoms with Crippen molar-refractivity contribution in [2.75, 3.05) is 6.61 Å². The van der Waals surface area contributed by atoms with E-state index in [4.69, 9.17) is 19.3 Å². The second-order valence-electron chi connectivity index (χ2n) is 7.28. The number of hydrogen-bond donors (Lipinski definition) is 1. The summed E-state index contributed by atoms with van der Waals surface area (Å²) in [6, 6.07) is 0. The lowest BCUT2D eigenvalue weighted by atomic mass is 9.85. The molecular weight excluding hydrogens is 392 g/mol. The molecule has 8 heteroatoms. The molecule has 0 spiro atoms. The van der Waals surface area contributed by atoms with Crippen LogP contribution >= 0.6 is 0 Å². The molecular formula is C22H26O8. The molecule has 1 aliphatic carbocycles. The molecule has 2 rings (SSSR count). The Bertz CT molecular complexity index is 832. The smallest absolute Gasteiger partial charge is 0.334 e. The SMILES string of the molecule is C=C1C(=O)O[C@@H]2C=C(C)C(OC(C)=O)CC=C(C=O)CC(OC(=O)C(C)=CCO)[C@@H]12. The number of esters is 3. The van der Waals surface area contributed by atoms with Gasteiger partial charge in [-0.2, -0.15) is 0 Å². The summed E-state index contributed by atoms with van der Waals surface area (Å²) in [5.41, 5.74) is 1.28. The molecule has 8 nitrogen and oxygen atoms in total. The first-order chi connectivity index (χ1) is 14.2. The first-order valence-corrected chi connectivity index (χ1v) is 9.56. The van der Waals surface area contributed by atoms with Crippen LogP contribution in [0.2, 0.25) is 0 Å². The summed E-state index contributed by atoms with van der Waals surface area (Å²) in [5.74, 6) is -2.51. The van der Waals surface area contributed by atoms with Gasteiger partial charge in [0.25, 0.3) is 0 Å². The second kappa shape index (κ2) is 10.2. The Morgan fingerprint density at radius 1 is 1.33 bits per heavy atom. The summed E-state index contributed by atoms with van der Waals surface area (Å²) < 4.78 is 16.3. The van der Waals surface area contributed by atoms with E-state index in [1.165, 1.54) is 19.9 Å². The third-order valence-electron chi connectivity index (χ3n) is 5.07. The average molecular weight is 418 g/mol. The number of aldehydes is 1. The average Bonchev–Trinajstić information content (AvgIpc) is 2.95. The van der Waals surface area contributed by atoms with Gasteiger partial charge in [0.05, 0.1) is 12.5 Å². The van der Waals surface area contributed by atoms with Crippen LogP contribution in [-0.2, 0) is 33.4 Å². The van der Waals surface area contributed by atoms with E-state index in [-0.39, 0.29) is 30.6 Å². The monoisotopic (exact) mass is 418 g/mol. The van der Waals surface area contributed by atoms with E-state index >= 15 is 0 Å². The predicted molar refractivity (Wildman–Crippen MR) is 106 cm³/mol. The number of carbonyl (C=O) groups excluding carboxylic acids is 4. The molecule has 1 saturated heterocycles. The van der Waals surface area contributed by atoms with Crippen LogP contribution in [0, 0.1) is 5.92 Å². The summed E-state index contributed by atoms with van der Waals surface area (Å²) in [6.45, 7) is 7.96. The Morgan fingerprint density at radius 3 is 2.63 bits per heavy atom. The maximum atomic E-state index is 12.4. The minimum absolute atomic E-state index is 0.0259. The third-order valence-corrected chi connectivity index (χ3v) is 5.07. The maximum Gasteiger partial charge on any atom is 0.334 e. The summed E-state index contributed by atoms with van der Waals surface area (Å²) in [7, 11) is 0. The first-order valence-electron chi connectivity index (χ1n) is 9.56. The van der Waals surface area contributed by atoms with E-state index in [0.29, 0.717) is 17.4 Å². The summed E-state index contributed by atoms with van der Waals surface area (Å²) in [5, 5.41) is 9.00. The van der Waals surface area contributed by atoms with Gasteiger partial charge in [0, 0.05) is 30.9 Å². The van der Waals surface area contributed by atoms with Crippen LogP contribution in [0.1, 0.15) is 33.6 Å². The molecule has 2 aliphatic rings. The minimum Gasteiger partial charge on any atom is -0.458 e. The third kappa shape index (κ3) is 5.54. The Hall–Kier alpha value is -3.00. The zero-order valence-corrected chi connectivity index (χ0v) is 17.3. The van der Waals surface area contributed by atoms with Gasteiger partial charge in [-0.05, 0) is 37.1 Å². The number of fused-ring (bicyclic) bond motifs is 1. The molecule has 0 saturated carbocycles. The number of carbonyl (C=O) groups is 4. The van der Waals surface area contributed by atoms with Crippen molar-refractivity contribution in [3.8, 4) is 0 Å². The van der Waals surface area contributed by atoms with Gasteiger partial charge in [0.15, 0.2) is 0 Å². The van der Waals surface area contributed by atoms with Crippen LogP contribution in [0.4, 0.5) is 0 Å². The topological polar surface area (TPSA) is 116 Å². The van der Waals surface area contributed by atoms with Crippen LogP contribution in [0.15, 0.2) is 47.1 Å². The molecule has 1 N–H and O–H groups in total. The fourth-order valence-corrected chi connectivity index (χ4v) is 3.44. The first kappa shape index (κ1) is 23.3. The van der Waals surface area contributed by atoms with E-state index in [9.17, 15) is 19.2 Å². The zero-order valence-electron chi connectivity index (χ0n) is 17.3. The molecule has 4 atom stereocenters. The van der Waals surface area contributed by atoms with Crippen molar-refractivity contribution in [1.29, 1.82) is 0 Å². The molecule has 0 aromatic heterocycles. The van der Waals surface area contributed by atoms with Gasteiger partial charge in [-0.15, -0.1) is 0 Å². The van der Waals surface area contributed by atoms with Gasteiger partial charge in [-0.3, -0.25) is 9.59 Å². The molecule has 1 fully saturated rings. The Balaban J connectivity index is 2.47. The lowest BCUT2D eigenvalue weighted by molar-refractivity contribution is -0.148. The van der Waals surface area contributed by atoms with Crippen molar-refractivity contribution in [3.05, 3.63) is 47.1 Å². The van der Waals surface area contributed by atoms with Crippen molar-refractivity contribution in [2.45, 2.75) is 51.9 Å². The fraction of sp³-hybridized carbons (Fsp3) is 0.455. The molecule has 0 bridgehead atoms. The van der Waals surface area contributed by atoms with Gasteiger partial charge in [-0.25, -0.2) is 9.59 Å². The minimum atomic E-state index is -0.894. The van der Waals surface area contributed by atoms with Crippen molar-refractivity contribution >= 4 is 24.2 Å². The Labute approximate surface area is 174 Å². The molecule has 0 radical (unpaired) electrons. The van der Waals surface area contributed by atoms with Gasteiger partial charge in [0.1, 0.15) is 24.6 Å². The van der Waals surface area contributed by atoms with Crippen LogP contribution < -0.4 is 0 Å². The second-order valence-corrected chi connectivity index (χ2v) is 7.28. The van der Waals surface area contributed by atoms with Gasteiger partial charge < -0.3 is 19.3 Å². The van der Waals surface area contributed by atoms with Crippen LogP contribution in [0.25, 0.3) is 0 Å².